The molecule has 0 radical (unpaired) electrons. The van der Waals surface area contributed by atoms with Crippen molar-refractivity contribution in [2.24, 2.45) is 11.3 Å². The highest BCUT2D eigenvalue weighted by Crippen LogP contribution is 2.42. The van der Waals surface area contributed by atoms with Crippen molar-refractivity contribution in [1.82, 2.24) is 0 Å². The van der Waals surface area contributed by atoms with Gasteiger partial charge in [0.15, 0.2) is 0 Å². The molecule has 0 aromatic heterocycles. The minimum Gasteiger partial charge on any atom is -0.198 e. The van der Waals surface area contributed by atoms with Crippen LogP contribution in [0.1, 0.15) is 52.4 Å². The van der Waals surface area contributed by atoms with E-state index in [-0.39, 0.29) is 5.41 Å². The zero-order valence-corrected chi connectivity index (χ0v) is 8.27. The van der Waals surface area contributed by atoms with Crippen LogP contribution in [0.15, 0.2) is 0 Å². The van der Waals surface area contributed by atoms with Crippen LogP contribution >= 0.6 is 0 Å². The van der Waals surface area contributed by atoms with Gasteiger partial charge in [-0.15, -0.1) is 0 Å². The highest BCUT2D eigenvalue weighted by atomic mass is 14.4. The van der Waals surface area contributed by atoms with Gasteiger partial charge in [-0.1, -0.05) is 33.1 Å². The summed E-state index contributed by atoms with van der Waals surface area (Å²) in [4.78, 5) is 0. The average Bonchev–Trinajstić information content (AvgIpc) is 2.18. The lowest BCUT2D eigenvalue weighted by atomic mass is 9.68. The van der Waals surface area contributed by atoms with Gasteiger partial charge in [-0.2, -0.15) is 5.26 Å². The van der Waals surface area contributed by atoms with Gasteiger partial charge in [0.05, 0.1) is 11.5 Å². The Hall–Kier alpha value is -0.510. The van der Waals surface area contributed by atoms with E-state index in [1.165, 1.54) is 19.3 Å². The van der Waals surface area contributed by atoms with Crippen molar-refractivity contribution in [2.75, 3.05) is 0 Å². The van der Waals surface area contributed by atoms with Crippen molar-refractivity contribution >= 4 is 0 Å². The number of rotatable bonds is 2. The highest BCUT2D eigenvalue weighted by molar-refractivity contribution is 5.01. The lowest BCUT2D eigenvalue weighted by Gasteiger charge is -2.34. The predicted octanol–water partition coefficient (Wildman–Crippen LogP) is 3.51. The summed E-state index contributed by atoms with van der Waals surface area (Å²) in [6.45, 7) is 4.40. The van der Waals surface area contributed by atoms with E-state index >= 15 is 0 Å². The van der Waals surface area contributed by atoms with Crippen LogP contribution in [0, 0.1) is 22.7 Å². The quantitative estimate of drug-likeness (QED) is 0.614. The number of nitriles is 1. The van der Waals surface area contributed by atoms with E-state index in [9.17, 15) is 0 Å². The molecule has 0 aliphatic heterocycles. The third-order valence-electron chi connectivity index (χ3n) is 3.44. The first kappa shape index (κ1) is 9.58. The molecule has 1 aliphatic carbocycles. The Balaban J connectivity index is 2.60. The maximum absolute atomic E-state index is 9.10. The minimum absolute atomic E-state index is 0.0406. The first-order valence-corrected chi connectivity index (χ1v) is 5.17. The van der Waals surface area contributed by atoms with Crippen molar-refractivity contribution in [3.63, 3.8) is 0 Å². The molecule has 2 atom stereocenters. The van der Waals surface area contributed by atoms with Gasteiger partial charge >= 0.3 is 0 Å². The van der Waals surface area contributed by atoms with Crippen LogP contribution in [0.25, 0.3) is 0 Å². The molecule has 0 amide bonds. The van der Waals surface area contributed by atoms with Gasteiger partial charge in [-0.05, 0) is 25.2 Å². The molecule has 0 aromatic rings. The molecule has 1 aliphatic rings. The van der Waals surface area contributed by atoms with Crippen molar-refractivity contribution in [3.8, 4) is 6.07 Å². The Labute approximate surface area is 75.8 Å². The third kappa shape index (κ3) is 1.80. The van der Waals surface area contributed by atoms with E-state index in [1.54, 1.807) is 0 Å². The predicted molar refractivity (Wildman–Crippen MR) is 50.6 cm³/mol. The van der Waals surface area contributed by atoms with E-state index < -0.39 is 0 Å². The molecular weight excluding hydrogens is 146 g/mol. The van der Waals surface area contributed by atoms with E-state index in [2.05, 4.69) is 19.9 Å². The van der Waals surface area contributed by atoms with Crippen molar-refractivity contribution < 1.29 is 0 Å². The van der Waals surface area contributed by atoms with Gasteiger partial charge in [0.25, 0.3) is 0 Å². The molecule has 1 heteroatoms. The normalized spacial score (nSPS) is 35.9. The minimum atomic E-state index is 0.0406. The summed E-state index contributed by atoms with van der Waals surface area (Å²) in [6, 6.07) is 2.53. The van der Waals surface area contributed by atoms with Crippen LogP contribution in [-0.4, -0.2) is 0 Å². The Morgan fingerprint density at radius 2 is 2.25 bits per heavy atom. The van der Waals surface area contributed by atoms with E-state index in [0.717, 1.165) is 25.2 Å². The topological polar surface area (TPSA) is 23.8 Å². The van der Waals surface area contributed by atoms with Gasteiger partial charge in [-0.25, -0.2) is 0 Å². The molecule has 0 bridgehead atoms. The molecular formula is C11H19N. The molecule has 1 saturated carbocycles. The smallest absolute Gasteiger partial charge is 0.0689 e. The Morgan fingerprint density at radius 3 is 2.75 bits per heavy atom. The summed E-state index contributed by atoms with van der Waals surface area (Å²) in [5.74, 6) is 0.818. The molecule has 0 N–H and O–H groups in total. The summed E-state index contributed by atoms with van der Waals surface area (Å²) >= 11 is 0. The lowest BCUT2D eigenvalue weighted by molar-refractivity contribution is 0.189. The van der Waals surface area contributed by atoms with Crippen molar-refractivity contribution in [3.05, 3.63) is 0 Å². The lowest BCUT2D eigenvalue weighted by Crippen LogP contribution is -2.26. The second kappa shape index (κ2) is 3.94. The summed E-state index contributed by atoms with van der Waals surface area (Å²) in [7, 11) is 0. The highest BCUT2D eigenvalue weighted by Gasteiger charge is 2.33. The van der Waals surface area contributed by atoms with Crippen molar-refractivity contribution in [1.29, 1.82) is 5.26 Å². The third-order valence-corrected chi connectivity index (χ3v) is 3.44. The SMILES string of the molecule is CCC1CCCC(C#N)(CC)C1. The fourth-order valence-corrected chi connectivity index (χ4v) is 2.34. The molecule has 1 fully saturated rings. The molecule has 68 valence electrons. The van der Waals surface area contributed by atoms with Crippen LogP contribution in [0.3, 0.4) is 0 Å². The first-order valence-electron chi connectivity index (χ1n) is 5.17. The summed E-state index contributed by atoms with van der Waals surface area (Å²) in [5.41, 5.74) is 0.0406. The van der Waals surface area contributed by atoms with Gasteiger partial charge < -0.3 is 0 Å². The zero-order chi connectivity index (χ0) is 9.03. The van der Waals surface area contributed by atoms with Crippen LogP contribution in [0.5, 0.6) is 0 Å². The summed E-state index contributed by atoms with van der Waals surface area (Å²) in [6.07, 6.45) is 7.19. The summed E-state index contributed by atoms with van der Waals surface area (Å²) in [5, 5.41) is 9.10. The Morgan fingerprint density at radius 1 is 1.50 bits per heavy atom. The average molecular weight is 165 g/mol. The van der Waals surface area contributed by atoms with E-state index in [1.807, 2.05) is 0 Å². The Kier molecular flexibility index (Phi) is 3.14. The Bertz CT molecular complexity index is 180. The maximum Gasteiger partial charge on any atom is 0.0689 e. The molecule has 0 aromatic carbocycles. The fourth-order valence-electron chi connectivity index (χ4n) is 2.34. The van der Waals surface area contributed by atoms with Crippen LogP contribution in [0.2, 0.25) is 0 Å². The monoisotopic (exact) mass is 165 g/mol. The van der Waals surface area contributed by atoms with Crippen LogP contribution < -0.4 is 0 Å². The molecule has 12 heavy (non-hydrogen) atoms. The van der Waals surface area contributed by atoms with Gasteiger partial charge in [-0.3, -0.25) is 0 Å². The van der Waals surface area contributed by atoms with Gasteiger partial charge in [0.1, 0.15) is 0 Å². The first-order chi connectivity index (χ1) is 5.76. The molecule has 0 heterocycles. The molecule has 0 spiro atoms. The maximum atomic E-state index is 9.10. The van der Waals surface area contributed by atoms with Crippen molar-refractivity contribution in [2.45, 2.75) is 52.4 Å². The second-order valence-corrected chi connectivity index (χ2v) is 4.12. The number of hydrogen-bond donors (Lipinski definition) is 0. The van der Waals surface area contributed by atoms with Crippen LogP contribution in [-0.2, 0) is 0 Å². The molecule has 1 rings (SSSR count). The van der Waals surface area contributed by atoms with Gasteiger partial charge in [0.2, 0.25) is 0 Å². The molecule has 0 saturated heterocycles. The zero-order valence-electron chi connectivity index (χ0n) is 8.27. The number of nitrogens with zero attached hydrogens (tertiary/aromatic N) is 1. The van der Waals surface area contributed by atoms with E-state index in [0.29, 0.717) is 0 Å². The van der Waals surface area contributed by atoms with Crippen LogP contribution in [0.4, 0.5) is 0 Å². The second-order valence-electron chi connectivity index (χ2n) is 4.12. The fraction of sp³-hybridized carbons (Fsp3) is 0.909. The van der Waals surface area contributed by atoms with E-state index in [4.69, 9.17) is 5.26 Å². The van der Waals surface area contributed by atoms with Gasteiger partial charge in [0, 0.05) is 0 Å². The molecule has 1 nitrogen and oxygen atoms in total. The largest absolute Gasteiger partial charge is 0.198 e. The summed E-state index contributed by atoms with van der Waals surface area (Å²) < 4.78 is 0. The number of hydrogen-bond acceptors (Lipinski definition) is 1. The molecule has 2 unspecified atom stereocenters. The standard InChI is InChI=1S/C11H19N/c1-3-10-6-5-7-11(4-2,8-10)9-12/h10H,3-8H2,1-2H3.